The smallest absolute Gasteiger partial charge is 0.193 e. The topological polar surface area (TPSA) is 58.6 Å². The molecule has 6 nitrogen and oxygen atoms in total. The molecule has 0 aliphatic carbocycles. The lowest BCUT2D eigenvalue weighted by Gasteiger charge is -2.24. The van der Waals surface area contributed by atoms with Gasteiger partial charge in [0.25, 0.3) is 0 Å². The molecule has 2 aromatic rings. The van der Waals surface area contributed by atoms with Crippen LogP contribution in [0.1, 0.15) is 35.6 Å². The van der Waals surface area contributed by atoms with Crippen molar-refractivity contribution in [2.24, 2.45) is 12.0 Å². The van der Waals surface area contributed by atoms with Gasteiger partial charge in [0, 0.05) is 51.1 Å². The van der Waals surface area contributed by atoms with Crippen molar-refractivity contribution in [3.63, 3.8) is 0 Å². The summed E-state index contributed by atoms with van der Waals surface area (Å²) >= 11 is 0. The lowest BCUT2D eigenvalue weighted by molar-refractivity contribution is 0.391. The average molecular weight is 317 g/mol. The van der Waals surface area contributed by atoms with E-state index in [0.717, 1.165) is 30.5 Å². The molecule has 6 heteroatoms. The van der Waals surface area contributed by atoms with Gasteiger partial charge in [-0.3, -0.25) is 4.99 Å². The van der Waals surface area contributed by atoms with E-state index >= 15 is 0 Å². The highest BCUT2D eigenvalue weighted by molar-refractivity contribution is 5.79. The second kappa shape index (κ2) is 7.35. The summed E-state index contributed by atoms with van der Waals surface area (Å²) in [5.41, 5.74) is 3.39. The number of aryl methyl sites for hydroxylation is 3. The van der Waals surface area contributed by atoms with E-state index < -0.39 is 0 Å². The van der Waals surface area contributed by atoms with Crippen LogP contribution in [0.5, 0.6) is 0 Å². The van der Waals surface area contributed by atoms with Gasteiger partial charge in [-0.05, 0) is 26.0 Å². The summed E-state index contributed by atoms with van der Waals surface area (Å²) in [5, 5.41) is 7.47. The van der Waals surface area contributed by atoms with Crippen LogP contribution in [0.15, 0.2) is 27.8 Å². The lowest BCUT2D eigenvalue weighted by atomic mass is 10.00. The summed E-state index contributed by atoms with van der Waals surface area (Å²) < 4.78 is 7.38. The van der Waals surface area contributed by atoms with Gasteiger partial charge in [-0.2, -0.15) is 0 Å². The molecule has 0 radical (unpaired) electrons. The van der Waals surface area contributed by atoms with Crippen molar-refractivity contribution in [1.82, 2.24) is 19.9 Å². The van der Waals surface area contributed by atoms with Crippen molar-refractivity contribution in [2.45, 2.75) is 33.2 Å². The lowest BCUT2D eigenvalue weighted by Crippen LogP contribution is -2.40. The molecule has 2 heterocycles. The van der Waals surface area contributed by atoms with Crippen molar-refractivity contribution in [3.8, 4) is 0 Å². The van der Waals surface area contributed by atoms with Crippen LogP contribution in [0.4, 0.5) is 0 Å². The Balaban J connectivity index is 1.96. The summed E-state index contributed by atoms with van der Waals surface area (Å²) in [5.74, 6) is 2.08. The molecule has 0 spiro atoms. The summed E-state index contributed by atoms with van der Waals surface area (Å²) in [6.45, 7) is 7.71. The molecule has 1 N–H and O–H groups in total. The number of aliphatic imine (C=N–C) groups is 1. The monoisotopic (exact) mass is 317 g/mol. The standard InChI is InChI=1S/C17H27N5O/c1-12(16-13(2)20-23-14(16)3)10-19-17(18-4)22(6)11-15-8-7-9-21(15)5/h7-9,12H,10-11H2,1-6H3,(H,18,19). The first-order valence-electron chi connectivity index (χ1n) is 7.88. The maximum Gasteiger partial charge on any atom is 0.193 e. The molecular formula is C17H27N5O. The van der Waals surface area contributed by atoms with Crippen LogP contribution in [0.25, 0.3) is 0 Å². The Hall–Kier alpha value is -2.24. The zero-order valence-corrected chi connectivity index (χ0v) is 14.9. The number of rotatable bonds is 5. The molecule has 0 aliphatic rings. The van der Waals surface area contributed by atoms with Crippen LogP contribution in [-0.4, -0.2) is 41.2 Å². The Bertz CT molecular complexity index is 651. The second-order valence-corrected chi connectivity index (χ2v) is 6.03. The van der Waals surface area contributed by atoms with E-state index in [-0.39, 0.29) is 0 Å². The van der Waals surface area contributed by atoms with Gasteiger partial charge in [0.15, 0.2) is 5.96 Å². The van der Waals surface area contributed by atoms with Crippen molar-refractivity contribution in [3.05, 3.63) is 41.0 Å². The van der Waals surface area contributed by atoms with E-state index in [4.69, 9.17) is 4.52 Å². The molecule has 0 bridgehead atoms. The highest BCUT2D eigenvalue weighted by Gasteiger charge is 2.17. The minimum absolute atomic E-state index is 0.307. The first kappa shape index (κ1) is 17.1. The molecular weight excluding hydrogens is 290 g/mol. The first-order valence-corrected chi connectivity index (χ1v) is 7.88. The molecule has 2 aromatic heterocycles. The third kappa shape index (κ3) is 3.94. The van der Waals surface area contributed by atoms with Crippen LogP contribution >= 0.6 is 0 Å². The van der Waals surface area contributed by atoms with E-state index in [0.29, 0.717) is 5.92 Å². The minimum atomic E-state index is 0.307. The predicted octanol–water partition coefficient (Wildman–Crippen LogP) is 2.44. The quantitative estimate of drug-likeness (QED) is 0.680. The van der Waals surface area contributed by atoms with Gasteiger partial charge >= 0.3 is 0 Å². The molecule has 2 rings (SSSR count). The fourth-order valence-electron chi connectivity index (χ4n) is 2.90. The van der Waals surface area contributed by atoms with E-state index in [1.54, 1.807) is 0 Å². The molecule has 0 saturated carbocycles. The number of aromatic nitrogens is 2. The van der Waals surface area contributed by atoms with Crippen molar-refractivity contribution < 1.29 is 4.52 Å². The molecule has 0 aliphatic heterocycles. The highest BCUT2D eigenvalue weighted by atomic mass is 16.5. The van der Waals surface area contributed by atoms with Gasteiger partial charge in [-0.25, -0.2) is 0 Å². The SMILES string of the molecule is CN=C(NCC(C)c1c(C)noc1C)N(C)Cc1cccn1C. The van der Waals surface area contributed by atoms with Crippen LogP contribution in [0, 0.1) is 13.8 Å². The van der Waals surface area contributed by atoms with E-state index in [1.807, 2.05) is 27.9 Å². The Morgan fingerprint density at radius 3 is 2.74 bits per heavy atom. The fraction of sp³-hybridized carbons (Fsp3) is 0.529. The zero-order chi connectivity index (χ0) is 17.0. The molecule has 0 fully saturated rings. The molecule has 0 amide bonds. The van der Waals surface area contributed by atoms with Gasteiger partial charge in [-0.15, -0.1) is 0 Å². The van der Waals surface area contributed by atoms with E-state index in [9.17, 15) is 0 Å². The number of nitrogens with one attached hydrogen (secondary N) is 1. The van der Waals surface area contributed by atoms with Gasteiger partial charge in [-0.1, -0.05) is 12.1 Å². The molecule has 0 saturated heterocycles. The van der Waals surface area contributed by atoms with Gasteiger partial charge in [0.1, 0.15) is 5.76 Å². The van der Waals surface area contributed by atoms with Crippen molar-refractivity contribution >= 4 is 5.96 Å². The first-order chi connectivity index (χ1) is 10.9. The van der Waals surface area contributed by atoms with Crippen molar-refractivity contribution in [1.29, 1.82) is 0 Å². The highest BCUT2D eigenvalue weighted by Crippen LogP contribution is 2.22. The molecule has 1 unspecified atom stereocenters. The zero-order valence-electron chi connectivity index (χ0n) is 14.9. The molecule has 1 atom stereocenters. The Kier molecular flexibility index (Phi) is 5.47. The molecule has 0 aromatic carbocycles. The summed E-state index contributed by atoms with van der Waals surface area (Å²) in [7, 11) is 5.91. The number of nitrogens with zero attached hydrogens (tertiary/aromatic N) is 4. The van der Waals surface area contributed by atoms with E-state index in [1.165, 1.54) is 11.3 Å². The van der Waals surface area contributed by atoms with E-state index in [2.05, 4.69) is 57.2 Å². The van der Waals surface area contributed by atoms with Crippen LogP contribution in [0.2, 0.25) is 0 Å². The predicted molar refractivity (Wildman–Crippen MR) is 92.6 cm³/mol. The Morgan fingerprint density at radius 1 is 1.48 bits per heavy atom. The third-order valence-corrected chi connectivity index (χ3v) is 4.17. The molecule has 23 heavy (non-hydrogen) atoms. The van der Waals surface area contributed by atoms with Crippen LogP contribution in [-0.2, 0) is 13.6 Å². The summed E-state index contributed by atoms with van der Waals surface area (Å²) in [4.78, 5) is 6.50. The molecule has 126 valence electrons. The summed E-state index contributed by atoms with van der Waals surface area (Å²) in [6, 6.07) is 4.18. The maximum atomic E-state index is 5.26. The van der Waals surface area contributed by atoms with Crippen LogP contribution < -0.4 is 5.32 Å². The minimum Gasteiger partial charge on any atom is -0.361 e. The number of guanidine groups is 1. The third-order valence-electron chi connectivity index (χ3n) is 4.17. The largest absolute Gasteiger partial charge is 0.361 e. The number of hydrogen-bond donors (Lipinski definition) is 1. The normalized spacial score (nSPS) is 13.2. The van der Waals surface area contributed by atoms with Gasteiger partial charge in [0.05, 0.1) is 12.2 Å². The Labute approximate surface area is 138 Å². The maximum absolute atomic E-state index is 5.26. The van der Waals surface area contributed by atoms with Gasteiger partial charge < -0.3 is 19.3 Å². The second-order valence-electron chi connectivity index (χ2n) is 6.03. The van der Waals surface area contributed by atoms with Crippen molar-refractivity contribution in [2.75, 3.05) is 20.6 Å². The van der Waals surface area contributed by atoms with Gasteiger partial charge in [0.2, 0.25) is 0 Å². The fourth-order valence-corrected chi connectivity index (χ4v) is 2.90. The Morgan fingerprint density at radius 2 is 2.22 bits per heavy atom. The average Bonchev–Trinajstić information content (AvgIpc) is 3.05. The van der Waals surface area contributed by atoms with Crippen LogP contribution in [0.3, 0.4) is 0 Å². The summed E-state index contributed by atoms with van der Waals surface area (Å²) in [6.07, 6.45) is 2.05. The number of hydrogen-bond acceptors (Lipinski definition) is 3.